The lowest BCUT2D eigenvalue weighted by molar-refractivity contribution is 0.0276. The van der Waals surface area contributed by atoms with Crippen LogP contribution in [0.25, 0.3) is 0 Å². The molecule has 1 saturated carbocycles. The van der Waals surface area contributed by atoms with Crippen LogP contribution in [-0.4, -0.2) is 29.1 Å². The molecule has 2 unspecified atom stereocenters. The van der Waals surface area contributed by atoms with E-state index in [1.807, 2.05) is 0 Å². The van der Waals surface area contributed by atoms with Gasteiger partial charge in [-0.05, 0) is 52.4 Å². The molecule has 2 atom stereocenters. The zero-order valence-electron chi connectivity index (χ0n) is 9.79. The third-order valence-electron chi connectivity index (χ3n) is 4.23. The number of hydrogen-bond acceptors (Lipinski definition) is 2. The molecule has 82 valence electrons. The van der Waals surface area contributed by atoms with E-state index >= 15 is 0 Å². The van der Waals surface area contributed by atoms with Gasteiger partial charge in [0.1, 0.15) is 0 Å². The van der Waals surface area contributed by atoms with Gasteiger partial charge in [0.05, 0.1) is 0 Å². The molecule has 1 heterocycles. The van der Waals surface area contributed by atoms with Crippen molar-refractivity contribution in [3.05, 3.63) is 0 Å². The molecule has 2 N–H and O–H groups in total. The SMILES string of the molecule is CC1CC(N)CCN1C(C)(C)C1CC1. The lowest BCUT2D eigenvalue weighted by Gasteiger charge is -2.47. The second-order valence-corrected chi connectivity index (χ2v) is 5.75. The Morgan fingerprint density at radius 3 is 2.36 bits per heavy atom. The van der Waals surface area contributed by atoms with Gasteiger partial charge in [-0.15, -0.1) is 0 Å². The molecule has 0 aromatic heterocycles. The summed E-state index contributed by atoms with van der Waals surface area (Å²) in [4.78, 5) is 2.69. The first-order chi connectivity index (χ1) is 6.51. The van der Waals surface area contributed by atoms with Crippen LogP contribution in [0.3, 0.4) is 0 Å². The van der Waals surface area contributed by atoms with Gasteiger partial charge in [0.25, 0.3) is 0 Å². The molecule has 0 radical (unpaired) electrons. The van der Waals surface area contributed by atoms with Crippen molar-refractivity contribution in [2.75, 3.05) is 6.54 Å². The Labute approximate surface area is 87.8 Å². The van der Waals surface area contributed by atoms with Crippen molar-refractivity contribution in [1.29, 1.82) is 0 Å². The van der Waals surface area contributed by atoms with Crippen LogP contribution in [-0.2, 0) is 0 Å². The highest BCUT2D eigenvalue weighted by Crippen LogP contribution is 2.44. The molecule has 1 aliphatic carbocycles. The van der Waals surface area contributed by atoms with Crippen molar-refractivity contribution in [1.82, 2.24) is 4.90 Å². The zero-order chi connectivity index (χ0) is 10.3. The smallest absolute Gasteiger partial charge is 0.0184 e. The minimum Gasteiger partial charge on any atom is -0.328 e. The monoisotopic (exact) mass is 196 g/mol. The predicted octanol–water partition coefficient (Wildman–Crippen LogP) is 1.99. The molecule has 2 fully saturated rings. The number of likely N-dealkylation sites (tertiary alicyclic amines) is 1. The Hall–Kier alpha value is -0.0800. The van der Waals surface area contributed by atoms with Crippen LogP contribution in [0, 0.1) is 5.92 Å². The van der Waals surface area contributed by atoms with Crippen molar-refractivity contribution in [2.24, 2.45) is 11.7 Å². The van der Waals surface area contributed by atoms with Gasteiger partial charge >= 0.3 is 0 Å². The molecule has 14 heavy (non-hydrogen) atoms. The molecule has 0 spiro atoms. The van der Waals surface area contributed by atoms with Crippen molar-refractivity contribution in [3.63, 3.8) is 0 Å². The van der Waals surface area contributed by atoms with E-state index in [-0.39, 0.29) is 0 Å². The Morgan fingerprint density at radius 2 is 1.86 bits per heavy atom. The molecule has 0 aromatic carbocycles. The summed E-state index contributed by atoms with van der Waals surface area (Å²) in [5.74, 6) is 0.944. The lowest BCUT2D eigenvalue weighted by Crippen LogP contribution is -2.55. The first-order valence-electron chi connectivity index (χ1n) is 6.04. The molecular formula is C12H24N2. The zero-order valence-corrected chi connectivity index (χ0v) is 9.79. The molecule has 0 aromatic rings. The van der Waals surface area contributed by atoms with Crippen LogP contribution in [0.1, 0.15) is 46.5 Å². The summed E-state index contributed by atoms with van der Waals surface area (Å²) in [6.45, 7) is 8.37. The fourth-order valence-corrected chi connectivity index (χ4v) is 3.09. The fourth-order valence-electron chi connectivity index (χ4n) is 3.09. The van der Waals surface area contributed by atoms with E-state index in [9.17, 15) is 0 Å². The van der Waals surface area contributed by atoms with Gasteiger partial charge < -0.3 is 5.73 Å². The number of piperidine rings is 1. The summed E-state index contributed by atoms with van der Waals surface area (Å²) in [6.07, 6.45) is 5.22. The Morgan fingerprint density at radius 1 is 1.21 bits per heavy atom. The average molecular weight is 196 g/mol. The number of hydrogen-bond donors (Lipinski definition) is 1. The van der Waals surface area contributed by atoms with Gasteiger partial charge in [0, 0.05) is 24.2 Å². The Kier molecular flexibility index (Phi) is 2.61. The first-order valence-corrected chi connectivity index (χ1v) is 6.04. The van der Waals surface area contributed by atoms with Gasteiger partial charge in [0.15, 0.2) is 0 Å². The largest absolute Gasteiger partial charge is 0.328 e. The second-order valence-electron chi connectivity index (χ2n) is 5.75. The minimum absolute atomic E-state index is 0.416. The maximum Gasteiger partial charge on any atom is 0.0184 e. The molecule has 2 heteroatoms. The van der Waals surface area contributed by atoms with Gasteiger partial charge in [0.2, 0.25) is 0 Å². The highest BCUT2D eigenvalue weighted by atomic mass is 15.2. The van der Waals surface area contributed by atoms with Gasteiger partial charge in [-0.2, -0.15) is 0 Å². The summed E-state index contributed by atoms with van der Waals surface area (Å²) >= 11 is 0. The highest BCUT2D eigenvalue weighted by Gasteiger charge is 2.44. The third-order valence-corrected chi connectivity index (χ3v) is 4.23. The first kappa shape index (κ1) is 10.4. The van der Waals surface area contributed by atoms with Crippen LogP contribution in [0.4, 0.5) is 0 Å². The Bertz CT molecular complexity index is 208. The standard InChI is InChI=1S/C12H24N2/c1-9-8-11(13)6-7-14(9)12(2,3)10-4-5-10/h9-11H,4-8,13H2,1-3H3. The van der Waals surface area contributed by atoms with E-state index in [0.29, 0.717) is 17.6 Å². The normalized spacial score (nSPS) is 36.0. The van der Waals surface area contributed by atoms with Crippen molar-refractivity contribution in [2.45, 2.75) is 64.1 Å². The molecular weight excluding hydrogens is 172 g/mol. The van der Waals surface area contributed by atoms with E-state index < -0.39 is 0 Å². The van der Waals surface area contributed by atoms with Crippen LogP contribution < -0.4 is 5.73 Å². The maximum atomic E-state index is 6.00. The van der Waals surface area contributed by atoms with E-state index in [1.54, 1.807) is 0 Å². The van der Waals surface area contributed by atoms with Crippen LogP contribution >= 0.6 is 0 Å². The molecule has 2 aliphatic rings. The van der Waals surface area contributed by atoms with Crippen molar-refractivity contribution in [3.8, 4) is 0 Å². The van der Waals surface area contributed by atoms with Gasteiger partial charge in [-0.3, -0.25) is 4.90 Å². The van der Waals surface area contributed by atoms with E-state index in [0.717, 1.165) is 5.92 Å². The number of nitrogens with two attached hydrogens (primary N) is 1. The minimum atomic E-state index is 0.416. The predicted molar refractivity (Wildman–Crippen MR) is 60.2 cm³/mol. The third kappa shape index (κ3) is 1.82. The molecule has 2 nitrogen and oxygen atoms in total. The number of rotatable bonds is 2. The maximum absolute atomic E-state index is 6.00. The summed E-state index contributed by atoms with van der Waals surface area (Å²) in [5.41, 5.74) is 6.41. The lowest BCUT2D eigenvalue weighted by atomic mass is 9.88. The summed E-state index contributed by atoms with van der Waals surface area (Å²) in [6, 6.07) is 1.12. The van der Waals surface area contributed by atoms with E-state index in [4.69, 9.17) is 5.73 Å². The second kappa shape index (κ2) is 3.49. The fraction of sp³-hybridized carbons (Fsp3) is 1.00. The molecule has 1 aliphatic heterocycles. The highest BCUT2D eigenvalue weighted by molar-refractivity contribution is 4.99. The molecule has 0 amide bonds. The van der Waals surface area contributed by atoms with Crippen LogP contribution in [0.15, 0.2) is 0 Å². The Balaban J connectivity index is 2.02. The van der Waals surface area contributed by atoms with Gasteiger partial charge in [-0.25, -0.2) is 0 Å². The molecule has 1 saturated heterocycles. The van der Waals surface area contributed by atoms with Crippen molar-refractivity contribution >= 4 is 0 Å². The topological polar surface area (TPSA) is 29.3 Å². The number of nitrogens with zero attached hydrogens (tertiary/aromatic N) is 1. The summed E-state index contributed by atoms with van der Waals surface area (Å²) in [7, 11) is 0. The van der Waals surface area contributed by atoms with Crippen LogP contribution in [0.2, 0.25) is 0 Å². The van der Waals surface area contributed by atoms with Crippen LogP contribution in [0.5, 0.6) is 0 Å². The summed E-state index contributed by atoms with van der Waals surface area (Å²) in [5, 5.41) is 0. The average Bonchev–Trinajstić information content (AvgIpc) is 2.84. The van der Waals surface area contributed by atoms with E-state index in [1.165, 1.54) is 32.2 Å². The summed E-state index contributed by atoms with van der Waals surface area (Å²) < 4.78 is 0. The van der Waals surface area contributed by atoms with E-state index in [2.05, 4.69) is 25.7 Å². The van der Waals surface area contributed by atoms with Crippen molar-refractivity contribution < 1.29 is 0 Å². The quantitative estimate of drug-likeness (QED) is 0.732. The molecule has 0 bridgehead atoms. The molecule has 2 rings (SSSR count). The van der Waals surface area contributed by atoms with Gasteiger partial charge in [-0.1, -0.05) is 0 Å².